The maximum atomic E-state index is 13.5. The van der Waals surface area contributed by atoms with Gasteiger partial charge in [0.05, 0.1) is 5.69 Å². The minimum absolute atomic E-state index is 0.00563. The van der Waals surface area contributed by atoms with Crippen LogP contribution < -0.4 is 5.32 Å². The molecule has 2 amide bonds. The number of hydrogen-bond acceptors (Lipinski definition) is 3. The number of nitrogens with one attached hydrogen (secondary N) is 1. The van der Waals surface area contributed by atoms with Crippen LogP contribution >= 0.6 is 0 Å². The molecular formula is C26H29FN4O2. The molecule has 0 spiro atoms. The van der Waals surface area contributed by atoms with Gasteiger partial charge in [-0.3, -0.25) is 19.5 Å². The minimum Gasteiger partial charge on any atom is -0.331 e. The predicted molar refractivity (Wildman–Crippen MR) is 126 cm³/mol. The van der Waals surface area contributed by atoms with Gasteiger partial charge in [0.25, 0.3) is 0 Å². The molecule has 33 heavy (non-hydrogen) atoms. The molecule has 1 aliphatic rings. The molecule has 3 aromatic rings. The van der Waals surface area contributed by atoms with E-state index in [0.717, 1.165) is 31.2 Å². The summed E-state index contributed by atoms with van der Waals surface area (Å²) < 4.78 is 15.2. The number of amides is 2. The van der Waals surface area contributed by atoms with Crippen molar-refractivity contribution < 1.29 is 14.0 Å². The van der Waals surface area contributed by atoms with E-state index in [0.29, 0.717) is 17.3 Å². The summed E-state index contributed by atoms with van der Waals surface area (Å²) in [5, 5.41) is 2.87. The van der Waals surface area contributed by atoms with E-state index >= 15 is 0 Å². The van der Waals surface area contributed by atoms with Crippen LogP contribution in [0.5, 0.6) is 0 Å². The number of anilines is 1. The van der Waals surface area contributed by atoms with Gasteiger partial charge in [-0.25, -0.2) is 9.37 Å². The highest BCUT2D eigenvalue weighted by molar-refractivity contribution is 5.94. The van der Waals surface area contributed by atoms with Crippen LogP contribution in [0.25, 0.3) is 16.9 Å². The molecule has 0 radical (unpaired) electrons. The van der Waals surface area contributed by atoms with Crippen LogP contribution in [0, 0.1) is 11.7 Å². The summed E-state index contributed by atoms with van der Waals surface area (Å²) in [5.74, 6) is -0.285. The number of hydrogen-bond donors (Lipinski definition) is 1. The zero-order chi connectivity index (χ0) is 23.4. The summed E-state index contributed by atoms with van der Waals surface area (Å²) in [7, 11) is 0. The first-order valence-corrected chi connectivity index (χ1v) is 11.4. The van der Waals surface area contributed by atoms with Gasteiger partial charge in [0.2, 0.25) is 17.8 Å². The van der Waals surface area contributed by atoms with E-state index in [9.17, 15) is 14.0 Å². The molecule has 1 N–H and O–H groups in total. The number of aromatic nitrogens is 2. The molecular weight excluding hydrogens is 419 g/mol. The summed E-state index contributed by atoms with van der Waals surface area (Å²) in [5.41, 5.74) is 2.25. The molecule has 0 bridgehead atoms. The molecule has 1 saturated carbocycles. The predicted octanol–water partition coefficient (Wildman–Crippen LogP) is 5.04. The third-order valence-corrected chi connectivity index (χ3v) is 6.06. The number of halogens is 1. The zero-order valence-corrected chi connectivity index (χ0v) is 19.0. The van der Waals surface area contributed by atoms with Gasteiger partial charge in [-0.15, -0.1) is 0 Å². The normalized spacial score (nSPS) is 13.9. The van der Waals surface area contributed by atoms with E-state index < -0.39 is 0 Å². The molecule has 2 aromatic carbocycles. The fraction of sp³-hybridized carbons (Fsp3) is 0.346. The van der Waals surface area contributed by atoms with Crippen LogP contribution in [0.3, 0.4) is 0 Å². The molecule has 0 saturated heterocycles. The maximum absolute atomic E-state index is 13.5. The van der Waals surface area contributed by atoms with Crippen LogP contribution in [0.15, 0.2) is 60.8 Å². The van der Waals surface area contributed by atoms with Gasteiger partial charge in [-0.05, 0) is 51.0 Å². The minimum atomic E-state index is -0.342. The number of rotatable bonds is 7. The quantitative estimate of drug-likeness (QED) is 0.550. The highest BCUT2D eigenvalue weighted by Gasteiger charge is 2.30. The lowest BCUT2D eigenvalue weighted by molar-refractivity contribution is -0.140. The Morgan fingerprint density at radius 2 is 1.76 bits per heavy atom. The van der Waals surface area contributed by atoms with Crippen LogP contribution in [0.4, 0.5) is 10.3 Å². The van der Waals surface area contributed by atoms with Gasteiger partial charge < -0.3 is 4.90 Å². The Morgan fingerprint density at radius 1 is 1.09 bits per heavy atom. The summed E-state index contributed by atoms with van der Waals surface area (Å²) >= 11 is 0. The second-order valence-electron chi connectivity index (χ2n) is 8.75. The Bertz CT molecular complexity index is 1100. The summed E-state index contributed by atoms with van der Waals surface area (Å²) in [6.07, 6.45) is 5.71. The lowest BCUT2D eigenvalue weighted by atomic mass is 10.1. The smallest absolute Gasteiger partial charge is 0.246 e. The monoisotopic (exact) mass is 448 g/mol. The first-order chi connectivity index (χ1) is 15.9. The third kappa shape index (κ3) is 5.30. The van der Waals surface area contributed by atoms with Crippen molar-refractivity contribution in [2.45, 2.75) is 45.6 Å². The summed E-state index contributed by atoms with van der Waals surface area (Å²) in [6.45, 7) is 3.81. The Balaban J connectivity index is 1.59. The lowest BCUT2D eigenvalue weighted by Crippen LogP contribution is -2.45. The second kappa shape index (κ2) is 9.98. The largest absolute Gasteiger partial charge is 0.331 e. The van der Waals surface area contributed by atoms with Crippen LogP contribution in [0.2, 0.25) is 0 Å². The number of imidazole rings is 1. The zero-order valence-electron chi connectivity index (χ0n) is 19.0. The van der Waals surface area contributed by atoms with E-state index in [1.165, 1.54) is 12.1 Å². The van der Waals surface area contributed by atoms with Crippen molar-refractivity contribution in [2.75, 3.05) is 11.9 Å². The molecule has 172 valence electrons. The van der Waals surface area contributed by atoms with Gasteiger partial charge in [0.15, 0.2) is 0 Å². The lowest BCUT2D eigenvalue weighted by Gasteiger charge is -2.28. The number of nitrogens with zero attached hydrogens (tertiary/aromatic N) is 3. The fourth-order valence-electron chi connectivity index (χ4n) is 4.26. The average Bonchev–Trinajstić information content (AvgIpc) is 3.49. The number of carbonyl (C=O) groups is 2. The van der Waals surface area contributed by atoms with Crippen molar-refractivity contribution >= 4 is 17.8 Å². The Kier molecular flexibility index (Phi) is 6.87. The van der Waals surface area contributed by atoms with Crippen molar-refractivity contribution in [3.8, 4) is 16.9 Å². The topological polar surface area (TPSA) is 67.2 Å². The van der Waals surface area contributed by atoms with E-state index in [1.54, 1.807) is 21.6 Å². The number of benzene rings is 2. The first kappa shape index (κ1) is 22.7. The van der Waals surface area contributed by atoms with Crippen molar-refractivity contribution in [2.24, 2.45) is 5.92 Å². The standard InChI is InChI=1S/C26H29FN4O2/c1-18(2)30(25(33)20-10-6-7-11-20)17-24(32)29-26-28-23(19-8-4-3-5-9-19)16-31(26)22-14-12-21(27)13-15-22/h3-5,8-9,12-16,18,20H,6-7,10-11,17H2,1-2H3,(H,28,29,32). The van der Waals surface area contributed by atoms with Crippen molar-refractivity contribution in [3.05, 3.63) is 66.6 Å². The SMILES string of the molecule is CC(C)N(CC(=O)Nc1nc(-c2ccccc2)cn1-c1ccc(F)cc1)C(=O)C1CCCC1. The molecule has 6 nitrogen and oxygen atoms in total. The van der Waals surface area contributed by atoms with E-state index in [4.69, 9.17) is 0 Å². The van der Waals surface area contributed by atoms with E-state index in [-0.39, 0.29) is 36.1 Å². The average molecular weight is 449 g/mol. The second-order valence-corrected chi connectivity index (χ2v) is 8.75. The third-order valence-electron chi connectivity index (χ3n) is 6.06. The molecule has 1 aromatic heterocycles. The Morgan fingerprint density at radius 3 is 2.39 bits per heavy atom. The molecule has 0 atom stereocenters. The highest BCUT2D eigenvalue weighted by atomic mass is 19.1. The van der Waals surface area contributed by atoms with Gasteiger partial charge >= 0.3 is 0 Å². The molecule has 1 heterocycles. The van der Waals surface area contributed by atoms with Gasteiger partial charge in [-0.1, -0.05) is 43.2 Å². The molecule has 4 rings (SSSR count). The van der Waals surface area contributed by atoms with Crippen LogP contribution in [0.1, 0.15) is 39.5 Å². The summed E-state index contributed by atoms with van der Waals surface area (Å²) in [4.78, 5) is 32.3. The van der Waals surface area contributed by atoms with Gasteiger partial charge in [0, 0.05) is 29.4 Å². The van der Waals surface area contributed by atoms with Crippen molar-refractivity contribution in [1.82, 2.24) is 14.5 Å². The highest BCUT2D eigenvalue weighted by Crippen LogP contribution is 2.28. The summed E-state index contributed by atoms with van der Waals surface area (Å²) in [6, 6.07) is 15.5. The maximum Gasteiger partial charge on any atom is 0.246 e. The van der Waals surface area contributed by atoms with Crippen LogP contribution in [-0.4, -0.2) is 38.9 Å². The van der Waals surface area contributed by atoms with Crippen molar-refractivity contribution in [1.29, 1.82) is 0 Å². The molecule has 1 fully saturated rings. The molecule has 0 aliphatic heterocycles. The van der Waals surface area contributed by atoms with Crippen LogP contribution in [-0.2, 0) is 9.59 Å². The Hall–Kier alpha value is -3.48. The Labute approximate surface area is 193 Å². The van der Waals surface area contributed by atoms with E-state index in [2.05, 4.69) is 10.3 Å². The van der Waals surface area contributed by atoms with E-state index in [1.807, 2.05) is 50.4 Å². The van der Waals surface area contributed by atoms with Gasteiger partial charge in [-0.2, -0.15) is 0 Å². The first-order valence-electron chi connectivity index (χ1n) is 11.4. The van der Waals surface area contributed by atoms with Crippen molar-refractivity contribution in [3.63, 3.8) is 0 Å². The molecule has 7 heteroatoms. The van der Waals surface area contributed by atoms with Gasteiger partial charge in [0.1, 0.15) is 12.4 Å². The molecule has 1 aliphatic carbocycles. The fourth-order valence-corrected chi connectivity index (χ4v) is 4.26. The number of carbonyl (C=O) groups excluding carboxylic acids is 2. The molecule has 0 unspecified atom stereocenters.